The molecule has 1 spiro atoms. The van der Waals surface area contributed by atoms with Crippen molar-refractivity contribution >= 4 is 16.7 Å². The van der Waals surface area contributed by atoms with Crippen LogP contribution in [-0.2, 0) is 0 Å². The Hall–Kier alpha value is -2.60. The lowest BCUT2D eigenvalue weighted by Crippen LogP contribution is -2.54. The molecule has 3 aliphatic rings. The topological polar surface area (TPSA) is 57.3 Å². The van der Waals surface area contributed by atoms with E-state index in [2.05, 4.69) is 30.8 Å². The van der Waals surface area contributed by atoms with Gasteiger partial charge in [-0.25, -0.2) is 4.98 Å². The van der Waals surface area contributed by atoms with Gasteiger partial charge in [0.15, 0.2) is 5.75 Å². The number of nitrogens with one attached hydrogen (secondary N) is 1. The second-order valence-electron chi connectivity index (χ2n) is 9.76. The number of hydrogen-bond acceptors (Lipinski definition) is 5. The first-order valence-corrected chi connectivity index (χ1v) is 11.7. The smallest absolute Gasteiger partial charge is 0.150 e. The molecule has 0 atom stereocenters. The summed E-state index contributed by atoms with van der Waals surface area (Å²) in [4.78, 5) is 17.4. The molecule has 1 saturated carbocycles. The van der Waals surface area contributed by atoms with Gasteiger partial charge in [-0.2, -0.15) is 0 Å². The fourth-order valence-corrected chi connectivity index (χ4v) is 5.83. The maximum atomic E-state index is 6.19. The summed E-state index contributed by atoms with van der Waals surface area (Å²) in [6.45, 7) is 6.90. The minimum Gasteiger partial charge on any atom is -0.454 e. The quantitative estimate of drug-likeness (QED) is 0.654. The van der Waals surface area contributed by atoms with Gasteiger partial charge in [0.25, 0.3) is 0 Å². The summed E-state index contributed by atoms with van der Waals surface area (Å²) in [5, 5.41) is 1.05. The van der Waals surface area contributed by atoms with E-state index in [4.69, 9.17) is 4.74 Å². The molecular weight excluding hydrogens is 386 g/mol. The molecule has 3 aromatic heterocycles. The minimum absolute atomic E-state index is 0.596. The lowest BCUT2D eigenvalue weighted by atomic mass is 9.60. The third kappa shape index (κ3) is 3.57. The zero-order valence-corrected chi connectivity index (χ0v) is 18.3. The van der Waals surface area contributed by atoms with Crippen molar-refractivity contribution in [3.05, 3.63) is 42.5 Å². The van der Waals surface area contributed by atoms with Crippen molar-refractivity contribution in [2.75, 3.05) is 31.1 Å². The number of nitrogens with zero attached hydrogens (tertiary/aromatic N) is 4. The summed E-state index contributed by atoms with van der Waals surface area (Å²) < 4.78 is 6.19. The Morgan fingerprint density at radius 3 is 2.65 bits per heavy atom. The molecule has 6 nitrogen and oxygen atoms in total. The molecule has 0 amide bonds. The van der Waals surface area contributed by atoms with E-state index in [-0.39, 0.29) is 0 Å². The summed E-state index contributed by atoms with van der Waals surface area (Å²) in [6.07, 6.45) is 13.9. The van der Waals surface area contributed by atoms with E-state index in [0.29, 0.717) is 5.41 Å². The Kier molecular flexibility index (Phi) is 4.64. The fourth-order valence-electron chi connectivity index (χ4n) is 5.83. The van der Waals surface area contributed by atoms with Crippen LogP contribution in [0.25, 0.3) is 11.0 Å². The van der Waals surface area contributed by atoms with Gasteiger partial charge in [0.05, 0.1) is 23.8 Å². The minimum atomic E-state index is 0.596. The van der Waals surface area contributed by atoms with Crippen LogP contribution < -0.4 is 9.64 Å². The predicted molar refractivity (Wildman–Crippen MR) is 123 cm³/mol. The van der Waals surface area contributed by atoms with Gasteiger partial charge in [0.2, 0.25) is 0 Å². The van der Waals surface area contributed by atoms with Gasteiger partial charge < -0.3 is 19.5 Å². The number of hydrogen-bond donors (Lipinski definition) is 1. The number of anilines is 1. The number of rotatable bonds is 4. The molecular formula is C25H31N5O. The Morgan fingerprint density at radius 1 is 1.03 bits per heavy atom. The number of piperidine rings is 1. The van der Waals surface area contributed by atoms with E-state index in [1.165, 1.54) is 57.3 Å². The van der Waals surface area contributed by atoms with Gasteiger partial charge in [-0.15, -0.1) is 0 Å². The van der Waals surface area contributed by atoms with Crippen molar-refractivity contribution in [2.45, 2.75) is 51.5 Å². The number of aryl methyl sites for hydroxylation is 1. The summed E-state index contributed by atoms with van der Waals surface area (Å²) in [6, 6.07) is 7.04. The summed E-state index contributed by atoms with van der Waals surface area (Å²) in [5.74, 6) is 1.56. The average Bonchev–Trinajstić information content (AvgIpc) is 3.45. The second kappa shape index (κ2) is 7.52. The average molecular weight is 418 g/mol. The first-order chi connectivity index (χ1) is 15.2. The van der Waals surface area contributed by atoms with E-state index in [0.717, 1.165) is 47.4 Å². The van der Waals surface area contributed by atoms with Gasteiger partial charge in [0, 0.05) is 36.8 Å². The highest BCUT2D eigenvalue weighted by Gasteiger charge is 2.48. The van der Waals surface area contributed by atoms with Crippen molar-refractivity contribution in [2.24, 2.45) is 5.41 Å². The molecule has 0 unspecified atom stereocenters. The highest BCUT2D eigenvalue weighted by molar-refractivity contribution is 5.76. The van der Waals surface area contributed by atoms with Gasteiger partial charge in [0.1, 0.15) is 11.4 Å². The molecule has 31 heavy (non-hydrogen) atoms. The standard InChI is InChI=1S/C25H31N5O/c1-18-23(31-22-12-19-4-7-26-24(19)28-17-22)13-20(16-27-18)30-10-5-25(6-11-30)14-21(15-25)29-8-2-3-9-29/h4,7,12-13,16-17,21H,2-3,5-6,8-11,14-15H2,1H3,(H,26,28). The first-order valence-electron chi connectivity index (χ1n) is 11.7. The number of likely N-dealkylation sites (tertiary alicyclic amines) is 1. The molecule has 162 valence electrons. The van der Waals surface area contributed by atoms with E-state index in [1.54, 1.807) is 6.20 Å². The molecule has 1 N–H and O–H groups in total. The third-order valence-electron chi connectivity index (χ3n) is 7.81. The van der Waals surface area contributed by atoms with Crippen LogP contribution in [-0.4, -0.2) is 52.1 Å². The molecule has 6 heteroatoms. The van der Waals surface area contributed by atoms with Crippen molar-refractivity contribution in [3.8, 4) is 11.5 Å². The van der Waals surface area contributed by atoms with E-state index in [9.17, 15) is 0 Å². The molecule has 3 aromatic rings. The lowest BCUT2D eigenvalue weighted by molar-refractivity contribution is -0.00646. The number of ether oxygens (including phenoxy) is 1. The Morgan fingerprint density at radius 2 is 1.84 bits per heavy atom. The van der Waals surface area contributed by atoms with Crippen molar-refractivity contribution < 1.29 is 4.74 Å². The van der Waals surface area contributed by atoms with Gasteiger partial charge >= 0.3 is 0 Å². The van der Waals surface area contributed by atoms with Crippen LogP contribution in [0.1, 0.15) is 44.2 Å². The molecule has 3 fully saturated rings. The van der Waals surface area contributed by atoms with Crippen molar-refractivity contribution in [1.82, 2.24) is 19.9 Å². The van der Waals surface area contributed by atoms with Gasteiger partial charge in [-0.05, 0) is 76.1 Å². The van der Waals surface area contributed by atoms with Crippen LogP contribution >= 0.6 is 0 Å². The Bertz CT molecular complexity index is 1070. The molecule has 2 saturated heterocycles. The lowest BCUT2D eigenvalue weighted by Gasteiger charge is -2.55. The molecule has 6 rings (SSSR count). The van der Waals surface area contributed by atoms with Crippen LogP contribution in [0.5, 0.6) is 11.5 Å². The van der Waals surface area contributed by atoms with Crippen molar-refractivity contribution in [1.29, 1.82) is 0 Å². The number of aromatic nitrogens is 3. The van der Waals surface area contributed by atoms with Crippen LogP contribution in [0.15, 0.2) is 36.8 Å². The van der Waals surface area contributed by atoms with Crippen LogP contribution in [0.2, 0.25) is 0 Å². The third-order valence-corrected chi connectivity index (χ3v) is 7.81. The van der Waals surface area contributed by atoms with Crippen LogP contribution in [0.4, 0.5) is 5.69 Å². The van der Waals surface area contributed by atoms with E-state index >= 15 is 0 Å². The zero-order valence-electron chi connectivity index (χ0n) is 18.3. The number of H-pyrrole nitrogens is 1. The van der Waals surface area contributed by atoms with Crippen LogP contribution in [0, 0.1) is 12.3 Å². The van der Waals surface area contributed by atoms with Crippen LogP contribution in [0.3, 0.4) is 0 Å². The van der Waals surface area contributed by atoms with E-state index in [1.807, 2.05) is 31.5 Å². The second-order valence-corrected chi connectivity index (χ2v) is 9.76. The first kappa shape index (κ1) is 19.1. The van der Waals surface area contributed by atoms with Crippen molar-refractivity contribution in [3.63, 3.8) is 0 Å². The Labute approximate surface area is 183 Å². The predicted octanol–water partition coefficient (Wildman–Crippen LogP) is 4.90. The Balaban J connectivity index is 1.12. The summed E-state index contributed by atoms with van der Waals surface area (Å²) in [5.41, 5.74) is 3.54. The maximum absolute atomic E-state index is 6.19. The largest absolute Gasteiger partial charge is 0.454 e. The normalized spacial score (nSPS) is 21.6. The number of fused-ring (bicyclic) bond motifs is 1. The maximum Gasteiger partial charge on any atom is 0.150 e. The molecule has 5 heterocycles. The molecule has 0 bridgehead atoms. The highest BCUT2D eigenvalue weighted by Crippen LogP contribution is 2.51. The molecule has 1 aliphatic carbocycles. The summed E-state index contributed by atoms with van der Waals surface area (Å²) in [7, 11) is 0. The molecule has 2 aliphatic heterocycles. The van der Waals surface area contributed by atoms with Gasteiger partial charge in [-0.1, -0.05) is 0 Å². The van der Waals surface area contributed by atoms with Gasteiger partial charge in [-0.3, -0.25) is 4.98 Å². The molecule has 0 radical (unpaired) electrons. The number of aromatic amines is 1. The number of pyridine rings is 2. The van der Waals surface area contributed by atoms with E-state index < -0.39 is 0 Å². The molecule has 0 aromatic carbocycles. The summed E-state index contributed by atoms with van der Waals surface area (Å²) >= 11 is 0. The fraction of sp³-hybridized carbons (Fsp3) is 0.520. The highest BCUT2D eigenvalue weighted by atomic mass is 16.5. The monoisotopic (exact) mass is 417 g/mol. The zero-order chi connectivity index (χ0) is 20.8. The SMILES string of the molecule is Cc1ncc(N2CCC3(CC2)CC(N2CCCC2)C3)cc1Oc1cnc2[nH]ccc2c1.